The number of Topliss-reactive ketones (excluding diaryl/α,β-unsaturated/α-hetero) is 1. The van der Waals surface area contributed by atoms with Gasteiger partial charge in [0.1, 0.15) is 5.01 Å². The number of aromatic nitrogens is 2. The zero-order valence-corrected chi connectivity index (χ0v) is 15.6. The molecule has 0 saturated carbocycles. The molecule has 1 aliphatic rings. The molecule has 0 spiro atoms. The number of amides is 1. The standard InChI is InChI=1S/C18H12N4O6S/c1-9-19-20-18(29-9)21-14(10-4-2-5-11(8-10)22(26)27)13(16(24)17(21)25)15(23)12-6-3-7-28-12/h2-8,14,24H,1H3/t14-/m0/s1. The number of benzene rings is 1. The maximum atomic E-state index is 13.0. The van der Waals surface area contributed by atoms with Crippen LogP contribution in [0.25, 0.3) is 0 Å². The van der Waals surface area contributed by atoms with Crippen LogP contribution in [-0.4, -0.2) is 31.9 Å². The third-order valence-corrected chi connectivity index (χ3v) is 5.15. The molecule has 3 heterocycles. The molecule has 2 aromatic heterocycles. The topological polar surface area (TPSA) is 140 Å². The lowest BCUT2D eigenvalue weighted by atomic mass is 9.95. The van der Waals surface area contributed by atoms with E-state index in [1.807, 2.05) is 0 Å². The molecule has 0 bridgehead atoms. The van der Waals surface area contributed by atoms with Crippen LogP contribution in [0.1, 0.15) is 27.2 Å². The van der Waals surface area contributed by atoms with E-state index in [0.29, 0.717) is 5.01 Å². The second-order valence-corrected chi connectivity index (χ2v) is 7.26. The number of aliphatic hydroxyl groups excluding tert-OH is 1. The number of carbonyl (C=O) groups excluding carboxylic acids is 2. The quantitative estimate of drug-likeness (QED) is 0.383. The first kappa shape index (κ1) is 18.5. The van der Waals surface area contributed by atoms with Gasteiger partial charge in [-0.05, 0) is 24.6 Å². The summed E-state index contributed by atoms with van der Waals surface area (Å²) in [4.78, 5) is 37.6. The summed E-state index contributed by atoms with van der Waals surface area (Å²) in [6.07, 6.45) is 1.29. The predicted molar refractivity (Wildman–Crippen MR) is 101 cm³/mol. The van der Waals surface area contributed by atoms with Crippen molar-refractivity contribution >= 4 is 33.8 Å². The van der Waals surface area contributed by atoms with Gasteiger partial charge < -0.3 is 9.52 Å². The summed E-state index contributed by atoms with van der Waals surface area (Å²) in [7, 11) is 0. The van der Waals surface area contributed by atoms with Crippen LogP contribution >= 0.6 is 11.3 Å². The Labute approximate surface area is 166 Å². The van der Waals surface area contributed by atoms with Crippen LogP contribution in [0.3, 0.4) is 0 Å². The molecule has 0 unspecified atom stereocenters. The third kappa shape index (κ3) is 3.06. The normalized spacial score (nSPS) is 16.5. The van der Waals surface area contributed by atoms with E-state index in [1.165, 1.54) is 42.7 Å². The average molecular weight is 412 g/mol. The first-order valence-corrected chi connectivity index (χ1v) is 9.09. The van der Waals surface area contributed by atoms with E-state index in [2.05, 4.69) is 10.2 Å². The molecule has 4 rings (SSSR count). The second-order valence-electron chi connectivity index (χ2n) is 6.10. The second kappa shape index (κ2) is 6.95. The molecule has 1 aliphatic heterocycles. The molecule has 3 aromatic rings. The Hall–Kier alpha value is -3.86. The number of ketones is 1. The van der Waals surface area contributed by atoms with Gasteiger partial charge in [0.15, 0.2) is 11.5 Å². The van der Waals surface area contributed by atoms with Gasteiger partial charge in [-0.15, -0.1) is 10.2 Å². The van der Waals surface area contributed by atoms with Gasteiger partial charge in [-0.25, -0.2) is 0 Å². The molecule has 0 saturated heterocycles. The van der Waals surface area contributed by atoms with E-state index in [0.717, 1.165) is 16.2 Å². The summed E-state index contributed by atoms with van der Waals surface area (Å²) >= 11 is 1.09. The fourth-order valence-electron chi connectivity index (χ4n) is 3.08. The van der Waals surface area contributed by atoms with Crippen molar-refractivity contribution in [1.82, 2.24) is 10.2 Å². The zero-order valence-electron chi connectivity index (χ0n) is 14.8. The highest BCUT2D eigenvalue weighted by molar-refractivity contribution is 7.15. The van der Waals surface area contributed by atoms with Gasteiger partial charge >= 0.3 is 0 Å². The lowest BCUT2D eigenvalue weighted by Crippen LogP contribution is -2.31. The van der Waals surface area contributed by atoms with Crippen molar-refractivity contribution in [3.05, 3.63) is 80.4 Å². The molecule has 146 valence electrons. The van der Waals surface area contributed by atoms with E-state index in [-0.39, 0.29) is 27.7 Å². The molecule has 1 amide bonds. The van der Waals surface area contributed by atoms with Crippen LogP contribution < -0.4 is 4.90 Å². The maximum Gasteiger partial charge on any atom is 0.296 e. The SMILES string of the molecule is Cc1nnc(N2C(=O)C(O)=C(C(=O)c3ccco3)[C@@H]2c2cccc([N+](=O)[O-])c2)s1. The lowest BCUT2D eigenvalue weighted by molar-refractivity contribution is -0.384. The highest BCUT2D eigenvalue weighted by Crippen LogP contribution is 2.43. The summed E-state index contributed by atoms with van der Waals surface area (Å²) in [6.45, 7) is 1.69. The summed E-state index contributed by atoms with van der Waals surface area (Å²) in [5.74, 6) is -2.41. The molecular weight excluding hydrogens is 400 g/mol. The Bertz CT molecular complexity index is 1170. The van der Waals surface area contributed by atoms with Gasteiger partial charge in [0.25, 0.3) is 11.6 Å². The number of rotatable bonds is 5. The van der Waals surface area contributed by atoms with Crippen molar-refractivity contribution in [1.29, 1.82) is 0 Å². The van der Waals surface area contributed by atoms with Gasteiger partial charge in [0, 0.05) is 12.1 Å². The Morgan fingerprint density at radius 1 is 1.31 bits per heavy atom. The number of aliphatic hydroxyl groups is 1. The molecule has 1 atom stereocenters. The summed E-state index contributed by atoms with van der Waals surface area (Å²) in [5, 5.41) is 30.3. The number of furan rings is 1. The van der Waals surface area contributed by atoms with Crippen molar-refractivity contribution in [2.75, 3.05) is 4.90 Å². The predicted octanol–water partition coefficient (Wildman–Crippen LogP) is 3.13. The number of nitro groups is 1. The van der Waals surface area contributed by atoms with Gasteiger partial charge in [0.2, 0.25) is 10.9 Å². The van der Waals surface area contributed by atoms with Crippen molar-refractivity contribution in [3.63, 3.8) is 0 Å². The Kier molecular flexibility index (Phi) is 4.43. The van der Waals surface area contributed by atoms with E-state index in [4.69, 9.17) is 4.42 Å². The van der Waals surface area contributed by atoms with Crippen molar-refractivity contribution in [2.24, 2.45) is 0 Å². The first-order valence-electron chi connectivity index (χ1n) is 8.28. The van der Waals surface area contributed by atoms with Crippen LogP contribution in [0.2, 0.25) is 0 Å². The van der Waals surface area contributed by atoms with E-state index < -0.39 is 28.4 Å². The fraction of sp³-hybridized carbons (Fsp3) is 0.111. The highest BCUT2D eigenvalue weighted by Gasteiger charge is 2.46. The number of carbonyl (C=O) groups is 2. The number of nitro benzene ring substituents is 1. The van der Waals surface area contributed by atoms with Gasteiger partial charge in [-0.3, -0.25) is 24.6 Å². The summed E-state index contributed by atoms with van der Waals surface area (Å²) in [6, 6.07) is 7.26. The number of anilines is 1. The molecular formula is C18H12N4O6S. The Balaban J connectivity index is 1.90. The number of hydrogen-bond donors (Lipinski definition) is 1. The smallest absolute Gasteiger partial charge is 0.296 e. The molecule has 1 aromatic carbocycles. The van der Waals surface area contributed by atoms with Crippen LogP contribution in [0.4, 0.5) is 10.8 Å². The average Bonchev–Trinajstić information content (AvgIpc) is 3.43. The molecule has 29 heavy (non-hydrogen) atoms. The Morgan fingerprint density at radius 3 is 2.72 bits per heavy atom. The van der Waals surface area contributed by atoms with Gasteiger partial charge in [-0.1, -0.05) is 23.5 Å². The number of non-ortho nitro benzene ring substituents is 1. The molecule has 0 aliphatic carbocycles. The summed E-state index contributed by atoms with van der Waals surface area (Å²) in [5.41, 5.74) is -0.211. The summed E-state index contributed by atoms with van der Waals surface area (Å²) < 4.78 is 5.12. The zero-order chi connectivity index (χ0) is 20.7. The monoisotopic (exact) mass is 412 g/mol. The van der Waals surface area contributed by atoms with Crippen LogP contribution in [0, 0.1) is 17.0 Å². The first-order chi connectivity index (χ1) is 13.9. The number of nitrogens with zero attached hydrogens (tertiary/aromatic N) is 4. The van der Waals surface area contributed by atoms with E-state index in [9.17, 15) is 24.8 Å². The minimum Gasteiger partial charge on any atom is -0.503 e. The van der Waals surface area contributed by atoms with E-state index in [1.54, 1.807) is 6.92 Å². The van der Waals surface area contributed by atoms with Crippen LogP contribution in [0.5, 0.6) is 0 Å². The number of hydrogen-bond acceptors (Lipinski definition) is 9. The Morgan fingerprint density at radius 2 is 2.10 bits per heavy atom. The van der Waals surface area contributed by atoms with Gasteiger partial charge in [0.05, 0.1) is 22.8 Å². The molecule has 0 radical (unpaired) electrons. The third-order valence-electron chi connectivity index (χ3n) is 4.32. The molecule has 0 fully saturated rings. The van der Waals surface area contributed by atoms with Crippen LogP contribution in [0.15, 0.2) is 58.4 Å². The van der Waals surface area contributed by atoms with Crippen molar-refractivity contribution in [2.45, 2.75) is 13.0 Å². The maximum absolute atomic E-state index is 13.0. The molecule has 10 nitrogen and oxygen atoms in total. The fourth-order valence-corrected chi connectivity index (χ4v) is 3.80. The van der Waals surface area contributed by atoms with Crippen molar-refractivity contribution < 1.29 is 24.0 Å². The minimum atomic E-state index is -1.13. The highest BCUT2D eigenvalue weighted by atomic mass is 32.1. The van der Waals surface area contributed by atoms with Crippen LogP contribution in [-0.2, 0) is 4.79 Å². The number of aryl methyl sites for hydroxylation is 1. The molecule has 11 heteroatoms. The lowest BCUT2D eigenvalue weighted by Gasteiger charge is -2.23. The molecule has 1 N–H and O–H groups in total. The largest absolute Gasteiger partial charge is 0.503 e. The minimum absolute atomic E-state index is 0.0786. The van der Waals surface area contributed by atoms with Crippen molar-refractivity contribution in [3.8, 4) is 0 Å². The van der Waals surface area contributed by atoms with E-state index >= 15 is 0 Å². The van der Waals surface area contributed by atoms with Gasteiger partial charge in [-0.2, -0.15) is 0 Å².